The summed E-state index contributed by atoms with van der Waals surface area (Å²) in [6, 6.07) is 10.6. The van der Waals surface area contributed by atoms with Gasteiger partial charge in [-0.3, -0.25) is 19.5 Å². The molecule has 2 aliphatic heterocycles. The number of alkyl halides is 2. The largest absolute Gasteiger partial charge is 0.444 e. The fourth-order valence-electron chi connectivity index (χ4n) is 4.17. The predicted octanol–water partition coefficient (Wildman–Crippen LogP) is 3.37. The molecule has 2 heterocycles. The van der Waals surface area contributed by atoms with Gasteiger partial charge >= 0.3 is 6.09 Å². The van der Waals surface area contributed by atoms with Gasteiger partial charge in [-0.05, 0) is 18.6 Å². The molecule has 1 atom stereocenters. The Balaban J connectivity index is 1.43. The van der Waals surface area contributed by atoms with Crippen LogP contribution in [0.2, 0.25) is 0 Å². The van der Waals surface area contributed by atoms with Crippen LogP contribution in [0.5, 0.6) is 0 Å². The molecule has 2 aliphatic rings. The summed E-state index contributed by atoms with van der Waals surface area (Å²) < 4.78 is 60.0. The number of Topliss-reactive ketones (excluding diaryl/α,β-unsaturated/α-hetero) is 1. The van der Waals surface area contributed by atoms with E-state index < -0.39 is 42.5 Å². The Kier molecular flexibility index (Phi) is 7.73. The Morgan fingerprint density at radius 3 is 2.42 bits per heavy atom. The first kappa shape index (κ1) is 25.4. The van der Waals surface area contributed by atoms with Crippen LogP contribution in [-0.2, 0) is 9.53 Å². The highest BCUT2D eigenvalue weighted by Crippen LogP contribution is 2.32. The molecule has 0 saturated carbocycles. The fourth-order valence-corrected chi connectivity index (χ4v) is 4.17. The number of nitrogens with one attached hydrogen (secondary N) is 1. The zero-order valence-electron chi connectivity index (χ0n) is 19.1. The van der Waals surface area contributed by atoms with E-state index in [1.54, 1.807) is 30.3 Å². The van der Waals surface area contributed by atoms with E-state index >= 15 is 8.78 Å². The number of hydrogen-bond acceptors (Lipinski definition) is 6. The monoisotopic (exact) mass is 508 g/mol. The van der Waals surface area contributed by atoms with Crippen molar-refractivity contribution in [2.75, 3.05) is 42.5 Å². The summed E-state index contributed by atoms with van der Waals surface area (Å²) >= 11 is 0. The van der Waals surface area contributed by atoms with E-state index in [0.29, 0.717) is 5.56 Å². The fraction of sp³-hybridized carbons (Fsp3) is 0.375. The number of carbonyl (C=O) groups is 3. The van der Waals surface area contributed by atoms with Crippen molar-refractivity contribution in [3.05, 3.63) is 59.7 Å². The molecule has 0 aromatic heterocycles. The maximum Gasteiger partial charge on any atom is 0.414 e. The smallest absolute Gasteiger partial charge is 0.414 e. The molecule has 0 aliphatic carbocycles. The number of halogens is 4. The minimum Gasteiger partial charge on any atom is -0.444 e. The third-order valence-electron chi connectivity index (χ3n) is 6.00. The Morgan fingerprint density at radius 1 is 1.06 bits per heavy atom. The molecule has 8 nitrogen and oxygen atoms in total. The molecule has 2 fully saturated rings. The molecule has 12 heteroatoms. The summed E-state index contributed by atoms with van der Waals surface area (Å²) in [5, 5.41) is 1.40. The van der Waals surface area contributed by atoms with Crippen molar-refractivity contribution in [3.8, 4) is 0 Å². The minimum absolute atomic E-state index is 0.0877. The van der Waals surface area contributed by atoms with Crippen molar-refractivity contribution < 1.29 is 36.7 Å². The molecule has 2 aromatic rings. The van der Waals surface area contributed by atoms with E-state index in [0.717, 1.165) is 17.0 Å². The second kappa shape index (κ2) is 10.9. The van der Waals surface area contributed by atoms with Gasteiger partial charge in [0, 0.05) is 43.8 Å². The Labute approximate surface area is 204 Å². The number of ketones is 1. The molecular weight excluding hydrogens is 484 g/mol. The van der Waals surface area contributed by atoms with Crippen LogP contribution in [0.4, 0.5) is 33.7 Å². The van der Waals surface area contributed by atoms with Crippen LogP contribution in [0.3, 0.4) is 0 Å². The molecule has 2 aromatic carbocycles. The number of amides is 2. The van der Waals surface area contributed by atoms with Crippen LogP contribution >= 0.6 is 0 Å². The zero-order valence-corrected chi connectivity index (χ0v) is 19.1. The van der Waals surface area contributed by atoms with Crippen molar-refractivity contribution in [2.45, 2.75) is 25.4 Å². The quantitative estimate of drug-likeness (QED) is 0.578. The Morgan fingerprint density at radius 2 is 1.75 bits per heavy atom. The van der Waals surface area contributed by atoms with E-state index in [1.807, 2.05) is 0 Å². The van der Waals surface area contributed by atoms with Crippen LogP contribution in [-0.4, -0.2) is 68.0 Å². The molecular formula is C24H24F4N4O4. The topological polar surface area (TPSA) is 82.2 Å². The van der Waals surface area contributed by atoms with Gasteiger partial charge in [0.1, 0.15) is 11.8 Å². The minimum atomic E-state index is -3.10. The number of nitrogens with zero attached hydrogens (tertiary/aromatic N) is 3. The number of carbonyl (C=O) groups excluding carboxylic acids is 3. The van der Waals surface area contributed by atoms with Gasteiger partial charge in [0.25, 0.3) is 12.3 Å². The summed E-state index contributed by atoms with van der Waals surface area (Å²) in [7, 11) is 0. The van der Waals surface area contributed by atoms with Crippen molar-refractivity contribution in [1.29, 1.82) is 0 Å². The van der Waals surface area contributed by atoms with Crippen molar-refractivity contribution in [3.63, 3.8) is 0 Å². The molecule has 1 N–H and O–H groups in total. The second-order valence-electron chi connectivity index (χ2n) is 8.40. The number of hydrogen-bond donors (Lipinski definition) is 1. The first-order chi connectivity index (χ1) is 17.2. The van der Waals surface area contributed by atoms with Gasteiger partial charge in [-0.15, -0.1) is 0 Å². The summed E-state index contributed by atoms with van der Waals surface area (Å²) in [6.07, 6.45) is -5.43. The normalized spacial score (nSPS) is 18.4. The van der Waals surface area contributed by atoms with E-state index in [1.165, 1.54) is 9.91 Å². The lowest BCUT2D eigenvalue weighted by Gasteiger charge is -2.25. The van der Waals surface area contributed by atoms with Gasteiger partial charge < -0.3 is 9.64 Å². The van der Waals surface area contributed by atoms with Crippen molar-refractivity contribution in [1.82, 2.24) is 10.4 Å². The van der Waals surface area contributed by atoms with Crippen molar-refractivity contribution in [2.24, 2.45) is 0 Å². The Bertz CT molecular complexity index is 1110. The average molecular weight is 508 g/mol. The number of anilines is 2. The van der Waals surface area contributed by atoms with E-state index in [-0.39, 0.29) is 56.4 Å². The standard InChI is InChI=1S/C24H24F4N4O4/c25-18-12-16(31-14-17(36-24(31)35)6-7-20(33)22(27)28)13-19(26)21(18)30-9-8-29-32(11-10-30)23(34)15-4-2-1-3-5-15/h1-5,12-13,17,22,29H,6-11,14H2/t17-/m0/s1. The molecule has 2 amide bonds. The number of rotatable bonds is 7. The zero-order chi connectivity index (χ0) is 25.8. The third-order valence-corrected chi connectivity index (χ3v) is 6.00. The van der Waals surface area contributed by atoms with Gasteiger partial charge in [-0.25, -0.2) is 27.8 Å². The van der Waals surface area contributed by atoms with E-state index in [2.05, 4.69) is 5.43 Å². The highest BCUT2D eigenvalue weighted by molar-refractivity contribution is 5.94. The van der Waals surface area contributed by atoms with Gasteiger partial charge in [-0.2, -0.15) is 0 Å². The summed E-state index contributed by atoms with van der Waals surface area (Å²) in [4.78, 5) is 38.5. The third kappa shape index (κ3) is 5.59. The molecule has 0 bridgehead atoms. The van der Waals surface area contributed by atoms with Gasteiger partial charge in [0.2, 0.25) is 0 Å². The number of hydrazine groups is 1. The van der Waals surface area contributed by atoms with Crippen LogP contribution in [0, 0.1) is 11.6 Å². The van der Waals surface area contributed by atoms with Gasteiger partial charge in [-0.1, -0.05) is 18.2 Å². The second-order valence-corrected chi connectivity index (χ2v) is 8.40. The van der Waals surface area contributed by atoms with Crippen LogP contribution in [0.1, 0.15) is 23.2 Å². The lowest BCUT2D eigenvalue weighted by molar-refractivity contribution is -0.129. The predicted molar refractivity (Wildman–Crippen MR) is 122 cm³/mol. The molecule has 4 rings (SSSR count). The molecule has 0 spiro atoms. The Hall–Kier alpha value is -3.67. The maximum absolute atomic E-state index is 15.1. The summed E-state index contributed by atoms with van der Waals surface area (Å²) in [6.45, 7) is 0.683. The van der Waals surface area contributed by atoms with Gasteiger partial charge in [0.05, 0.1) is 18.8 Å². The average Bonchev–Trinajstić information content (AvgIpc) is 3.06. The van der Waals surface area contributed by atoms with Crippen LogP contribution < -0.4 is 15.2 Å². The number of ether oxygens (including phenoxy) is 1. The summed E-state index contributed by atoms with van der Waals surface area (Å²) in [5.74, 6) is -3.33. The first-order valence-corrected chi connectivity index (χ1v) is 11.4. The lowest BCUT2D eigenvalue weighted by atomic mass is 10.1. The van der Waals surface area contributed by atoms with Gasteiger partial charge in [0.15, 0.2) is 17.4 Å². The molecule has 36 heavy (non-hydrogen) atoms. The lowest BCUT2D eigenvalue weighted by Crippen LogP contribution is -2.43. The molecule has 2 saturated heterocycles. The molecule has 192 valence electrons. The SMILES string of the molecule is O=C(CC[C@H]1CN(c2cc(F)c(N3CCNN(C(=O)c4ccccc4)CC3)c(F)c2)C(=O)O1)C(F)F. The van der Waals surface area contributed by atoms with E-state index in [4.69, 9.17) is 4.74 Å². The highest BCUT2D eigenvalue weighted by Gasteiger charge is 2.34. The molecule has 0 unspecified atom stereocenters. The number of cyclic esters (lactones) is 1. The van der Waals surface area contributed by atoms with Crippen molar-refractivity contribution >= 4 is 29.2 Å². The number of benzene rings is 2. The molecule has 0 radical (unpaired) electrons. The first-order valence-electron chi connectivity index (χ1n) is 11.4. The maximum atomic E-state index is 15.1. The van der Waals surface area contributed by atoms with E-state index in [9.17, 15) is 23.2 Å². The summed E-state index contributed by atoms with van der Waals surface area (Å²) in [5.41, 5.74) is 3.07. The van der Waals surface area contributed by atoms with Crippen LogP contribution in [0.15, 0.2) is 42.5 Å². The van der Waals surface area contributed by atoms with Crippen LogP contribution in [0.25, 0.3) is 0 Å². The highest BCUT2D eigenvalue weighted by atomic mass is 19.3.